The quantitative estimate of drug-likeness (QED) is 0.797. The van der Waals surface area contributed by atoms with E-state index >= 15 is 0 Å². The molecule has 0 spiro atoms. The molecule has 0 fully saturated rings. The van der Waals surface area contributed by atoms with Crippen molar-refractivity contribution in [2.24, 2.45) is 0 Å². The Morgan fingerprint density at radius 3 is 2.48 bits per heavy atom. The topological polar surface area (TPSA) is 59.1 Å². The molecular weight excluding hydrogens is 308 g/mol. The molecule has 0 bridgehead atoms. The van der Waals surface area contributed by atoms with Crippen LogP contribution in [-0.2, 0) is 10.0 Å². The zero-order valence-corrected chi connectivity index (χ0v) is 14.0. The van der Waals surface area contributed by atoms with Crippen molar-refractivity contribution in [3.05, 3.63) is 65.5 Å². The molecule has 3 rings (SSSR count). The minimum atomic E-state index is -3.67. The lowest BCUT2D eigenvalue weighted by Crippen LogP contribution is -2.16. The fourth-order valence-corrected chi connectivity index (χ4v) is 4.45. The molecule has 0 saturated heterocycles. The number of pyridine rings is 1. The molecule has 0 aliphatic heterocycles. The second kappa shape index (κ2) is 5.66. The predicted octanol–water partition coefficient (Wildman–Crippen LogP) is 3.76. The van der Waals surface area contributed by atoms with Crippen molar-refractivity contribution in [3.8, 4) is 0 Å². The fraction of sp³-hybridized carbons (Fsp3) is 0.167. The number of nitrogens with zero attached hydrogens (tertiary/aromatic N) is 1. The molecule has 0 unspecified atom stereocenters. The average molecular weight is 325 g/mol. The van der Waals surface area contributed by atoms with Crippen molar-refractivity contribution in [3.63, 3.8) is 0 Å². The Labute approximate surface area is 136 Å². The third kappa shape index (κ3) is 2.92. The molecule has 0 amide bonds. The summed E-state index contributed by atoms with van der Waals surface area (Å²) in [7, 11) is -3.67. The van der Waals surface area contributed by atoms with Gasteiger partial charge in [-0.1, -0.05) is 23.8 Å². The lowest BCUT2D eigenvalue weighted by molar-refractivity contribution is 0.600. The minimum absolute atomic E-state index is 0.327. The molecule has 5 heteroatoms. The Bertz CT molecular complexity index is 967. The van der Waals surface area contributed by atoms with Crippen molar-refractivity contribution in [1.82, 2.24) is 4.98 Å². The van der Waals surface area contributed by atoms with Crippen LogP contribution in [0.25, 0.3) is 10.8 Å². The number of hydrogen-bond acceptors (Lipinski definition) is 3. The Morgan fingerprint density at radius 2 is 1.78 bits per heavy atom. The van der Waals surface area contributed by atoms with Gasteiger partial charge >= 0.3 is 0 Å². The average Bonchev–Trinajstić information content (AvgIpc) is 2.45. The number of rotatable bonds is 3. The van der Waals surface area contributed by atoms with Gasteiger partial charge < -0.3 is 0 Å². The van der Waals surface area contributed by atoms with Gasteiger partial charge in [0.25, 0.3) is 10.0 Å². The van der Waals surface area contributed by atoms with Crippen LogP contribution in [0.4, 0.5) is 5.69 Å². The first-order valence-electron chi connectivity index (χ1n) is 7.23. The number of hydrogen-bond donors (Lipinski definition) is 1. The van der Waals surface area contributed by atoms with Crippen LogP contribution in [0.5, 0.6) is 0 Å². The van der Waals surface area contributed by atoms with Crippen LogP contribution in [0.1, 0.15) is 16.7 Å². The maximum absolute atomic E-state index is 12.9. The van der Waals surface area contributed by atoms with Crippen molar-refractivity contribution >= 4 is 26.5 Å². The van der Waals surface area contributed by atoms with Gasteiger partial charge in [0, 0.05) is 17.8 Å². The van der Waals surface area contributed by atoms with E-state index in [1.54, 1.807) is 30.6 Å². The van der Waals surface area contributed by atoms with Gasteiger partial charge in [0.05, 0.1) is 10.6 Å². The van der Waals surface area contributed by atoms with Gasteiger partial charge in [-0.3, -0.25) is 9.71 Å². The highest BCUT2D eigenvalue weighted by Gasteiger charge is 2.20. The molecule has 1 heterocycles. The molecule has 4 nitrogen and oxygen atoms in total. The number of anilines is 1. The van der Waals surface area contributed by atoms with Crippen LogP contribution in [0.3, 0.4) is 0 Å². The smallest absolute Gasteiger partial charge is 0.262 e. The molecule has 0 atom stereocenters. The number of benzene rings is 2. The molecule has 0 saturated carbocycles. The lowest BCUT2D eigenvalue weighted by atomic mass is 10.1. The molecule has 0 aliphatic rings. The third-order valence-electron chi connectivity index (χ3n) is 3.72. The summed E-state index contributed by atoms with van der Waals surface area (Å²) >= 11 is 0. The van der Waals surface area contributed by atoms with Gasteiger partial charge in [-0.05, 0) is 55.5 Å². The molecule has 1 radical (unpaired) electrons. The van der Waals surface area contributed by atoms with E-state index in [0.29, 0.717) is 10.6 Å². The van der Waals surface area contributed by atoms with E-state index in [4.69, 9.17) is 0 Å². The van der Waals surface area contributed by atoms with Crippen molar-refractivity contribution in [1.29, 1.82) is 0 Å². The van der Waals surface area contributed by atoms with Gasteiger partial charge in [0.2, 0.25) is 0 Å². The summed E-state index contributed by atoms with van der Waals surface area (Å²) in [5, 5.41) is 1.54. The molecule has 117 valence electrons. The maximum Gasteiger partial charge on any atom is 0.262 e. The van der Waals surface area contributed by atoms with Crippen LogP contribution in [0.2, 0.25) is 0 Å². The Balaban J connectivity index is 2.12. The van der Waals surface area contributed by atoms with E-state index < -0.39 is 10.0 Å². The molecule has 2 aromatic carbocycles. The van der Waals surface area contributed by atoms with Gasteiger partial charge in [-0.15, -0.1) is 0 Å². The van der Waals surface area contributed by atoms with E-state index in [-0.39, 0.29) is 0 Å². The van der Waals surface area contributed by atoms with Crippen LogP contribution >= 0.6 is 0 Å². The molecule has 23 heavy (non-hydrogen) atoms. The zero-order chi connectivity index (χ0) is 16.6. The maximum atomic E-state index is 12.9. The summed E-state index contributed by atoms with van der Waals surface area (Å²) < 4.78 is 28.4. The van der Waals surface area contributed by atoms with E-state index in [0.717, 1.165) is 27.5 Å². The van der Waals surface area contributed by atoms with Gasteiger partial charge in [-0.2, -0.15) is 0 Å². The van der Waals surface area contributed by atoms with E-state index in [2.05, 4.69) is 15.8 Å². The summed E-state index contributed by atoms with van der Waals surface area (Å²) in [6.45, 7) is 5.58. The standard InChI is InChI=1S/C18H17N2O2S/c1-12-9-13(2)18(14(3)10-12)23(21,22)20-17-6-4-5-15-7-8-19-11-16(15)17/h4,6-11,20H,1-3H3. The highest BCUT2D eigenvalue weighted by molar-refractivity contribution is 7.92. The molecule has 1 aromatic heterocycles. The number of nitrogens with one attached hydrogen (secondary N) is 1. The first-order valence-corrected chi connectivity index (χ1v) is 8.72. The SMILES string of the molecule is Cc1cc(C)c(S(=O)(=O)Nc2cc[c]c3ccncc23)c(C)c1. The summed E-state index contributed by atoms with van der Waals surface area (Å²) in [4.78, 5) is 4.39. The zero-order valence-electron chi connectivity index (χ0n) is 13.2. The normalized spacial score (nSPS) is 11.6. The van der Waals surface area contributed by atoms with Crippen molar-refractivity contribution < 1.29 is 8.42 Å². The first kappa shape index (κ1) is 15.5. The Morgan fingerprint density at radius 1 is 1.09 bits per heavy atom. The Kier molecular flexibility index (Phi) is 3.82. The summed E-state index contributed by atoms with van der Waals surface area (Å²) in [5.74, 6) is 0. The van der Waals surface area contributed by atoms with E-state index in [1.165, 1.54) is 0 Å². The van der Waals surface area contributed by atoms with E-state index in [9.17, 15) is 8.42 Å². The van der Waals surface area contributed by atoms with Crippen LogP contribution in [0.15, 0.2) is 47.6 Å². The van der Waals surface area contributed by atoms with Crippen LogP contribution < -0.4 is 4.72 Å². The van der Waals surface area contributed by atoms with Crippen molar-refractivity contribution in [2.75, 3.05) is 4.72 Å². The minimum Gasteiger partial charge on any atom is -0.279 e. The van der Waals surface area contributed by atoms with Crippen LogP contribution in [0, 0.1) is 26.8 Å². The second-order valence-corrected chi connectivity index (χ2v) is 7.27. The second-order valence-electron chi connectivity index (χ2n) is 5.65. The van der Waals surface area contributed by atoms with Gasteiger partial charge in [0.15, 0.2) is 0 Å². The fourth-order valence-electron chi connectivity index (χ4n) is 2.91. The summed E-state index contributed by atoms with van der Waals surface area (Å²) in [5.41, 5.74) is 3.02. The molecule has 1 N–H and O–H groups in total. The van der Waals surface area contributed by atoms with Crippen molar-refractivity contribution in [2.45, 2.75) is 25.7 Å². The third-order valence-corrected chi connectivity index (χ3v) is 5.39. The largest absolute Gasteiger partial charge is 0.279 e. The lowest BCUT2D eigenvalue weighted by Gasteiger charge is -2.15. The number of aromatic nitrogens is 1. The highest BCUT2D eigenvalue weighted by atomic mass is 32.2. The summed E-state index contributed by atoms with van der Waals surface area (Å²) in [6, 6.07) is 12.0. The Hall–Kier alpha value is -2.40. The molecule has 3 aromatic rings. The summed E-state index contributed by atoms with van der Waals surface area (Å²) in [6.07, 6.45) is 3.30. The monoisotopic (exact) mass is 325 g/mol. The number of aryl methyl sites for hydroxylation is 3. The molecule has 0 aliphatic carbocycles. The van der Waals surface area contributed by atoms with Crippen LogP contribution in [-0.4, -0.2) is 13.4 Å². The van der Waals surface area contributed by atoms with Gasteiger partial charge in [-0.25, -0.2) is 8.42 Å². The predicted molar refractivity (Wildman–Crippen MR) is 92.0 cm³/mol. The molecular formula is C18H17N2O2S. The first-order chi connectivity index (χ1) is 10.9. The number of fused-ring (bicyclic) bond motifs is 1. The van der Waals surface area contributed by atoms with Gasteiger partial charge in [0.1, 0.15) is 0 Å². The number of sulfonamides is 1. The van der Waals surface area contributed by atoms with E-state index in [1.807, 2.05) is 32.9 Å². The highest BCUT2D eigenvalue weighted by Crippen LogP contribution is 2.27.